The van der Waals surface area contributed by atoms with Crippen LogP contribution in [0.1, 0.15) is 13.8 Å². The lowest BCUT2D eigenvalue weighted by molar-refractivity contribution is -0.0316. The zero-order valence-electron chi connectivity index (χ0n) is 6.29. The number of morpholine rings is 1. The van der Waals surface area contributed by atoms with Crippen molar-refractivity contribution in [3.05, 3.63) is 0 Å². The van der Waals surface area contributed by atoms with Crippen molar-refractivity contribution in [2.24, 2.45) is 0 Å². The lowest BCUT2D eigenvalue weighted by Crippen LogP contribution is -2.49. The highest BCUT2D eigenvalue weighted by molar-refractivity contribution is 4.96. The molecule has 0 saturated carbocycles. The predicted octanol–water partition coefficient (Wildman–Crippen LogP) is 0.275. The summed E-state index contributed by atoms with van der Waals surface area (Å²) in [7, 11) is 0. The Morgan fingerprint density at radius 3 is 2.80 bits per heavy atom. The third-order valence-electron chi connectivity index (χ3n) is 1.68. The molecule has 56 valence electrons. The molecule has 0 aromatic heterocycles. The molecule has 3 unspecified atom stereocenters. The van der Waals surface area contributed by atoms with Crippen LogP contribution in [0.4, 0.5) is 0 Å². The molecule has 3 nitrogen and oxygen atoms in total. The molecule has 0 radical (unpaired) electrons. The first-order valence-electron chi connectivity index (χ1n) is 3.52. The van der Waals surface area contributed by atoms with E-state index in [1.165, 1.54) is 0 Å². The first-order valence-corrected chi connectivity index (χ1v) is 3.52. The zero-order valence-corrected chi connectivity index (χ0v) is 6.29. The Kier molecular flexibility index (Phi) is 2.25. The van der Waals surface area contributed by atoms with Crippen LogP contribution in [0.25, 0.3) is 0 Å². The number of nitriles is 1. The van der Waals surface area contributed by atoms with Crippen LogP contribution in [0.5, 0.6) is 0 Å². The Morgan fingerprint density at radius 1 is 1.60 bits per heavy atom. The van der Waals surface area contributed by atoms with E-state index in [0.717, 1.165) is 6.54 Å². The Balaban J connectivity index is 2.45. The lowest BCUT2D eigenvalue weighted by Gasteiger charge is -2.29. The third kappa shape index (κ3) is 1.47. The molecule has 1 N–H and O–H groups in total. The molecule has 1 aliphatic rings. The topological polar surface area (TPSA) is 45.0 Å². The molecule has 0 aromatic carbocycles. The maximum Gasteiger partial charge on any atom is 0.122 e. The minimum Gasteiger partial charge on any atom is -0.372 e. The quantitative estimate of drug-likeness (QED) is 0.525. The van der Waals surface area contributed by atoms with Crippen molar-refractivity contribution >= 4 is 0 Å². The summed E-state index contributed by atoms with van der Waals surface area (Å²) in [6.07, 6.45) is 0.258. The van der Waals surface area contributed by atoms with Crippen LogP contribution in [0.3, 0.4) is 0 Å². The third-order valence-corrected chi connectivity index (χ3v) is 1.68. The molecule has 3 heteroatoms. The number of ether oxygens (including phenoxy) is 1. The highest BCUT2D eigenvalue weighted by atomic mass is 16.5. The van der Waals surface area contributed by atoms with E-state index >= 15 is 0 Å². The highest BCUT2D eigenvalue weighted by Crippen LogP contribution is 2.07. The van der Waals surface area contributed by atoms with Gasteiger partial charge in [-0.3, -0.25) is 5.32 Å². The van der Waals surface area contributed by atoms with Gasteiger partial charge in [-0.15, -0.1) is 0 Å². The van der Waals surface area contributed by atoms with Gasteiger partial charge in [-0.1, -0.05) is 0 Å². The minimum atomic E-state index is -0.129. The van der Waals surface area contributed by atoms with Gasteiger partial charge in [0.25, 0.3) is 0 Å². The van der Waals surface area contributed by atoms with Gasteiger partial charge in [0.05, 0.1) is 18.3 Å². The average molecular weight is 140 g/mol. The molecule has 1 fully saturated rings. The summed E-state index contributed by atoms with van der Waals surface area (Å²) in [4.78, 5) is 0. The van der Waals surface area contributed by atoms with Crippen LogP contribution in [-0.4, -0.2) is 24.8 Å². The second-order valence-corrected chi connectivity index (χ2v) is 2.67. The van der Waals surface area contributed by atoms with Gasteiger partial charge in [0.2, 0.25) is 0 Å². The predicted molar refractivity (Wildman–Crippen MR) is 37.4 cm³/mol. The molecule has 1 aliphatic heterocycles. The summed E-state index contributed by atoms with van der Waals surface area (Å²) in [6, 6.07) is 2.01. The molecule has 0 amide bonds. The van der Waals surface area contributed by atoms with E-state index in [9.17, 15) is 0 Å². The maximum atomic E-state index is 8.56. The van der Waals surface area contributed by atoms with Gasteiger partial charge in [0, 0.05) is 6.54 Å². The smallest absolute Gasteiger partial charge is 0.122 e. The van der Waals surface area contributed by atoms with Crippen LogP contribution in [-0.2, 0) is 4.74 Å². The van der Waals surface area contributed by atoms with Gasteiger partial charge in [0.1, 0.15) is 6.04 Å². The van der Waals surface area contributed by atoms with Crippen LogP contribution >= 0.6 is 0 Å². The van der Waals surface area contributed by atoms with E-state index in [2.05, 4.69) is 11.4 Å². The number of hydrogen-bond acceptors (Lipinski definition) is 3. The summed E-state index contributed by atoms with van der Waals surface area (Å²) < 4.78 is 5.40. The van der Waals surface area contributed by atoms with E-state index < -0.39 is 0 Å². The largest absolute Gasteiger partial charge is 0.372 e. The van der Waals surface area contributed by atoms with Crippen molar-refractivity contribution in [3.63, 3.8) is 0 Å². The maximum absolute atomic E-state index is 8.56. The van der Waals surface area contributed by atoms with Crippen LogP contribution in [0.15, 0.2) is 0 Å². The fraction of sp³-hybridized carbons (Fsp3) is 0.857. The van der Waals surface area contributed by atoms with E-state index in [1.807, 2.05) is 13.8 Å². The average Bonchev–Trinajstić information content (AvgIpc) is 1.88. The summed E-state index contributed by atoms with van der Waals surface area (Å²) >= 11 is 0. The molecule has 0 spiro atoms. The lowest BCUT2D eigenvalue weighted by atomic mass is 10.1. The fourth-order valence-electron chi connectivity index (χ4n) is 1.10. The van der Waals surface area contributed by atoms with E-state index in [1.54, 1.807) is 0 Å². The van der Waals surface area contributed by atoms with Crippen LogP contribution < -0.4 is 5.32 Å². The normalized spacial score (nSPS) is 40.7. The van der Waals surface area contributed by atoms with Gasteiger partial charge >= 0.3 is 0 Å². The van der Waals surface area contributed by atoms with Crippen molar-refractivity contribution in [2.75, 3.05) is 6.54 Å². The summed E-state index contributed by atoms with van der Waals surface area (Å²) in [5.41, 5.74) is 0. The fourth-order valence-corrected chi connectivity index (χ4v) is 1.10. The van der Waals surface area contributed by atoms with Gasteiger partial charge in [-0.05, 0) is 13.8 Å². The Morgan fingerprint density at radius 2 is 2.30 bits per heavy atom. The molecule has 0 aromatic rings. The van der Waals surface area contributed by atoms with E-state index in [4.69, 9.17) is 10.00 Å². The van der Waals surface area contributed by atoms with Gasteiger partial charge in [-0.2, -0.15) is 5.26 Å². The summed E-state index contributed by atoms with van der Waals surface area (Å²) in [5, 5.41) is 11.6. The van der Waals surface area contributed by atoms with Crippen molar-refractivity contribution in [2.45, 2.75) is 32.1 Å². The van der Waals surface area contributed by atoms with Crippen LogP contribution in [0, 0.1) is 11.3 Å². The minimum absolute atomic E-state index is 0.0220. The monoisotopic (exact) mass is 140 g/mol. The Hall–Kier alpha value is -0.590. The molecular weight excluding hydrogens is 128 g/mol. The molecule has 1 heterocycles. The standard InChI is InChI=1S/C7H12N2O/c1-5-4-9-7(3-8)6(2)10-5/h5-7,9H,4H2,1-2H3. The molecule has 1 saturated heterocycles. The molecule has 0 aliphatic carbocycles. The second kappa shape index (κ2) is 3.00. The molecule has 0 bridgehead atoms. The van der Waals surface area contributed by atoms with Gasteiger partial charge in [0.15, 0.2) is 0 Å². The first kappa shape index (κ1) is 7.52. The number of hydrogen-bond donors (Lipinski definition) is 1. The molecule has 3 atom stereocenters. The summed E-state index contributed by atoms with van der Waals surface area (Å²) in [5.74, 6) is 0. The number of nitrogens with one attached hydrogen (secondary N) is 1. The van der Waals surface area contributed by atoms with Crippen molar-refractivity contribution in [3.8, 4) is 6.07 Å². The van der Waals surface area contributed by atoms with Crippen molar-refractivity contribution in [1.29, 1.82) is 5.26 Å². The van der Waals surface area contributed by atoms with E-state index in [-0.39, 0.29) is 18.2 Å². The first-order chi connectivity index (χ1) is 4.74. The number of nitrogens with zero attached hydrogens (tertiary/aromatic N) is 1. The van der Waals surface area contributed by atoms with Crippen molar-refractivity contribution in [1.82, 2.24) is 5.32 Å². The molecule has 1 rings (SSSR count). The second-order valence-electron chi connectivity index (χ2n) is 2.67. The molecular formula is C7H12N2O. The zero-order chi connectivity index (χ0) is 7.56. The van der Waals surface area contributed by atoms with Gasteiger partial charge in [-0.25, -0.2) is 0 Å². The Bertz CT molecular complexity index is 152. The van der Waals surface area contributed by atoms with Crippen molar-refractivity contribution < 1.29 is 4.74 Å². The SMILES string of the molecule is CC1CNC(C#N)C(C)O1. The molecule has 10 heavy (non-hydrogen) atoms. The number of rotatable bonds is 0. The highest BCUT2D eigenvalue weighted by Gasteiger charge is 2.24. The van der Waals surface area contributed by atoms with Crippen LogP contribution in [0.2, 0.25) is 0 Å². The van der Waals surface area contributed by atoms with Gasteiger partial charge < -0.3 is 4.74 Å². The summed E-state index contributed by atoms with van der Waals surface area (Å²) in [6.45, 7) is 4.69. The van der Waals surface area contributed by atoms with E-state index in [0.29, 0.717) is 0 Å². The Labute approximate surface area is 61.0 Å².